The summed E-state index contributed by atoms with van der Waals surface area (Å²) in [4.78, 5) is 27.1. The molecule has 1 aromatic rings. The quantitative estimate of drug-likeness (QED) is 0.776. The van der Waals surface area contributed by atoms with E-state index in [4.69, 9.17) is 11.6 Å². The number of hydrogen-bond donors (Lipinski definition) is 0. The molecule has 0 radical (unpaired) electrons. The van der Waals surface area contributed by atoms with Crippen LogP contribution in [0.2, 0.25) is 5.02 Å². The highest BCUT2D eigenvalue weighted by Crippen LogP contribution is 2.11. The molecule has 0 spiro atoms. The monoisotopic (exact) mass is 310 g/mol. The van der Waals surface area contributed by atoms with E-state index < -0.39 is 0 Å². The molecule has 0 aromatic heterocycles. The fourth-order valence-electron chi connectivity index (χ4n) is 2.14. The van der Waals surface area contributed by atoms with Gasteiger partial charge in [-0.05, 0) is 38.0 Å². The smallest absolute Gasteiger partial charge is 0.242 e. The molecular weight excluding hydrogens is 288 g/mol. The van der Waals surface area contributed by atoms with Crippen LogP contribution in [0.3, 0.4) is 0 Å². The van der Waals surface area contributed by atoms with Gasteiger partial charge in [0.05, 0.1) is 6.54 Å². The Balaban J connectivity index is 2.62. The van der Waals surface area contributed by atoms with Crippen molar-refractivity contribution in [1.82, 2.24) is 9.80 Å². The second-order valence-corrected chi connectivity index (χ2v) is 5.32. The van der Waals surface area contributed by atoms with Crippen LogP contribution in [0.1, 0.15) is 26.3 Å². The van der Waals surface area contributed by atoms with Gasteiger partial charge in [-0.1, -0.05) is 23.7 Å². The van der Waals surface area contributed by atoms with Crippen molar-refractivity contribution < 1.29 is 9.59 Å². The van der Waals surface area contributed by atoms with E-state index >= 15 is 0 Å². The van der Waals surface area contributed by atoms with Gasteiger partial charge in [0.25, 0.3) is 0 Å². The van der Waals surface area contributed by atoms with E-state index in [2.05, 4.69) is 0 Å². The minimum Gasteiger partial charge on any atom is -0.342 e. The fourth-order valence-corrected chi connectivity index (χ4v) is 2.36. The van der Waals surface area contributed by atoms with Crippen molar-refractivity contribution in [2.75, 3.05) is 26.2 Å². The lowest BCUT2D eigenvalue weighted by Gasteiger charge is -2.25. The molecule has 4 nitrogen and oxygen atoms in total. The van der Waals surface area contributed by atoms with Gasteiger partial charge in [0.1, 0.15) is 0 Å². The van der Waals surface area contributed by atoms with Gasteiger partial charge in [-0.2, -0.15) is 0 Å². The van der Waals surface area contributed by atoms with E-state index in [9.17, 15) is 9.59 Å². The van der Waals surface area contributed by atoms with Crippen molar-refractivity contribution in [1.29, 1.82) is 0 Å². The Morgan fingerprint density at radius 1 is 1.14 bits per heavy atom. The summed E-state index contributed by atoms with van der Waals surface area (Å²) in [5.41, 5.74) is 1.06. The number of carbonyl (C=O) groups excluding carboxylic acids is 2. The maximum absolute atomic E-state index is 12.1. The number of halogens is 1. The Kier molecular flexibility index (Phi) is 7.23. The molecule has 0 heterocycles. The molecule has 0 saturated heterocycles. The predicted molar refractivity (Wildman–Crippen MR) is 85.3 cm³/mol. The first kappa shape index (κ1) is 17.5. The maximum atomic E-state index is 12.1. The van der Waals surface area contributed by atoms with Crippen molar-refractivity contribution in [3.63, 3.8) is 0 Å². The number of rotatable bonds is 7. The number of likely N-dealkylation sites (N-methyl/N-ethyl adjacent to an activating group) is 1. The zero-order valence-corrected chi connectivity index (χ0v) is 13.7. The first-order chi connectivity index (χ1) is 9.97. The molecule has 0 unspecified atom stereocenters. The highest BCUT2D eigenvalue weighted by atomic mass is 35.5. The van der Waals surface area contributed by atoms with Crippen LogP contribution in [-0.2, 0) is 16.0 Å². The molecular formula is C16H23ClN2O2. The van der Waals surface area contributed by atoms with Crippen molar-refractivity contribution in [2.24, 2.45) is 0 Å². The standard InChI is InChI=1S/C16H23ClN2O2/c1-4-18(5-2)16(21)12-19(13(3)20)10-9-14-7-6-8-15(17)11-14/h6-8,11H,4-5,9-10,12H2,1-3H3. The van der Waals surface area contributed by atoms with Crippen molar-refractivity contribution in [2.45, 2.75) is 27.2 Å². The van der Waals surface area contributed by atoms with Crippen molar-refractivity contribution in [3.05, 3.63) is 34.9 Å². The van der Waals surface area contributed by atoms with Crippen molar-refractivity contribution in [3.8, 4) is 0 Å². The molecule has 2 amide bonds. The van der Waals surface area contributed by atoms with Gasteiger partial charge in [-0.15, -0.1) is 0 Å². The largest absolute Gasteiger partial charge is 0.342 e. The number of hydrogen-bond acceptors (Lipinski definition) is 2. The van der Waals surface area contributed by atoms with Crippen molar-refractivity contribution >= 4 is 23.4 Å². The summed E-state index contributed by atoms with van der Waals surface area (Å²) in [6, 6.07) is 7.55. The number of nitrogens with zero attached hydrogens (tertiary/aromatic N) is 2. The molecule has 1 rings (SSSR count). The molecule has 21 heavy (non-hydrogen) atoms. The van der Waals surface area contributed by atoms with E-state index in [1.54, 1.807) is 9.80 Å². The third-order valence-electron chi connectivity index (χ3n) is 3.45. The molecule has 0 fully saturated rings. The van der Waals surface area contributed by atoms with Gasteiger partial charge in [0.15, 0.2) is 0 Å². The average Bonchev–Trinajstić information content (AvgIpc) is 2.44. The molecule has 0 bridgehead atoms. The maximum Gasteiger partial charge on any atom is 0.242 e. The molecule has 0 aliphatic rings. The Labute approximate surface area is 131 Å². The normalized spacial score (nSPS) is 10.3. The van der Waals surface area contributed by atoms with E-state index in [-0.39, 0.29) is 18.4 Å². The Morgan fingerprint density at radius 2 is 1.81 bits per heavy atom. The van der Waals surface area contributed by atoms with Gasteiger partial charge in [-0.3, -0.25) is 9.59 Å². The first-order valence-corrected chi connectivity index (χ1v) is 7.63. The lowest BCUT2D eigenvalue weighted by molar-refractivity contribution is -0.139. The summed E-state index contributed by atoms with van der Waals surface area (Å²) < 4.78 is 0. The zero-order chi connectivity index (χ0) is 15.8. The predicted octanol–water partition coefficient (Wildman–Crippen LogP) is 2.60. The lowest BCUT2D eigenvalue weighted by atomic mass is 10.1. The highest BCUT2D eigenvalue weighted by molar-refractivity contribution is 6.30. The van der Waals surface area contributed by atoms with Crippen LogP contribution in [0.4, 0.5) is 0 Å². The third kappa shape index (κ3) is 5.76. The summed E-state index contributed by atoms with van der Waals surface area (Å²) in [5.74, 6) is -0.0983. The van der Waals surface area contributed by atoms with Crippen LogP contribution < -0.4 is 0 Å². The zero-order valence-electron chi connectivity index (χ0n) is 12.9. The first-order valence-electron chi connectivity index (χ1n) is 7.25. The van der Waals surface area contributed by atoms with E-state index in [1.807, 2.05) is 38.1 Å². The van der Waals surface area contributed by atoms with E-state index in [0.717, 1.165) is 5.56 Å². The molecule has 0 saturated carbocycles. The van der Waals surface area contributed by atoms with Gasteiger partial charge in [-0.25, -0.2) is 0 Å². The fraction of sp³-hybridized carbons (Fsp3) is 0.500. The van der Waals surface area contributed by atoms with E-state index in [1.165, 1.54) is 6.92 Å². The Hall–Kier alpha value is -1.55. The van der Waals surface area contributed by atoms with Crippen LogP contribution in [0.25, 0.3) is 0 Å². The molecule has 5 heteroatoms. The summed E-state index contributed by atoms with van der Waals surface area (Å²) in [5, 5.41) is 0.682. The molecule has 0 N–H and O–H groups in total. The lowest BCUT2D eigenvalue weighted by Crippen LogP contribution is -2.42. The Bertz CT molecular complexity index is 487. The van der Waals surface area contributed by atoms with E-state index in [0.29, 0.717) is 31.1 Å². The van der Waals surface area contributed by atoms with Gasteiger partial charge < -0.3 is 9.80 Å². The van der Waals surface area contributed by atoms with Crippen LogP contribution >= 0.6 is 11.6 Å². The minimum atomic E-state index is -0.0856. The third-order valence-corrected chi connectivity index (χ3v) is 3.68. The molecule has 116 valence electrons. The van der Waals surface area contributed by atoms with Crippen LogP contribution in [0, 0.1) is 0 Å². The second kappa shape index (κ2) is 8.67. The number of carbonyl (C=O) groups is 2. The summed E-state index contributed by atoms with van der Waals surface area (Å²) in [6.45, 7) is 7.34. The second-order valence-electron chi connectivity index (χ2n) is 4.89. The summed E-state index contributed by atoms with van der Waals surface area (Å²) in [7, 11) is 0. The number of benzene rings is 1. The Morgan fingerprint density at radius 3 is 2.33 bits per heavy atom. The summed E-state index contributed by atoms with van der Waals surface area (Å²) >= 11 is 5.94. The highest BCUT2D eigenvalue weighted by Gasteiger charge is 2.17. The minimum absolute atomic E-state index is 0.0127. The molecule has 1 aromatic carbocycles. The van der Waals surface area contributed by atoms with Gasteiger partial charge >= 0.3 is 0 Å². The average molecular weight is 311 g/mol. The topological polar surface area (TPSA) is 40.6 Å². The van der Waals surface area contributed by atoms with Crippen LogP contribution in [0.5, 0.6) is 0 Å². The van der Waals surface area contributed by atoms with Crippen LogP contribution in [-0.4, -0.2) is 47.8 Å². The van der Waals surface area contributed by atoms with Gasteiger partial charge in [0, 0.05) is 31.6 Å². The SMILES string of the molecule is CCN(CC)C(=O)CN(CCc1cccc(Cl)c1)C(C)=O. The molecule has 0 aliphatic heterocycles. The summed E-state index contributed by atoms with van der Waals surface area (Å²) in [6.07, 6.45) is 0.686. The molecule has 0 aliphatic carbocycles. The molecule has 0 atom stereocenters. The van der Waals surface area contributed by atoms with Gasteiger partial charge in [0.2, 0.25) is 11.8 Å². The number of amides is 2. The van der Waals surface area contributed by atoms with Crippen LogP contribution in [0.15, 0.2) is 24.3 Å².